The number of carbonyl (C=O) groups excluding carboxylic acids is 1. The van der Waals surface area contributed by atoms with Crippen LogP contribution in [0.25, 0.3) is 21.1 Å². The number of nitrogens with zero attached hydrogens (tertiary/aromatic N) is 1. The summed E-state index contributed by atoms with van der Waals surface area (Å²) < 4.78 is 6.54. The van der Waals surface area contributed by atoms with E-state index in [2.05, 4.69) is 9.97 Å². The number of rotatable bonds is 4. The van der Waals surface area contributed by atoms with Gasteiger partial charge in [-0.1, -0.05) is 30.3 Å². The molecule has 1 N–H and O–H groups in total. The molecule has 0 atom stereocenters. The highest BCUT2D eigenvalue weighted by atomic mass is 32.1. The molecule has 2 aromatic carbocycles. The van der Waals surface area contributed by atoms with Crippen LogP contribution in [-0.2, 0) is 22.6 Å². The van der Waals surface area contributed by atoms with Gasteiger partial charge in [0.1, 0.15) is 11.6 Å². The van der Waals surface area contributed by atoms with Crippen LogP contribution in [0.15, 0.2) is 48.5 Å². The second-order valence-corrected chi connectivity index (χ2v) is 6.80. The maximum absolute atomic E-state index is 12.2. The maximum Gasteiger partial charge on any atom is 0.310 e. The third kappa shape index (κ3) is 2.78. The van der Waals surface area contributed by atoms with Crippen LogP contribution in [0.5, 0.6) is 0 Å². The van der Waals surface area contributed by atoms with E-state index >= 15 is 0 Å². The number of hydrogen-bond donors (Lipinski definition) is 1. The third-order valence-corrected chi connectivity index (χ3v) is 5.05. The second-order valence-electron chi connectivity index (χ2n) is 5.69. The smallest absolute Gasteiger partial charge is 0.310 e. The molecule has 4 nitrogen and oxygen atoms in total. The highest BCUT2D eigenvalue weighted by Gasteiger charge is 2.14. The number of ether oxygens (including phenoxy) is 1. The van der Waals surface area contributed by atoms with E-state index in [1.807, 2.05) is 55.5 Å². The third-order valence-electron chi connectivity index (χ3n) is 4.04. The Morgan fingerprint density at radius 2 is 1.96 bits per heavy atom. The summed E-state index contributed by atoms with van der Waals surface area (Å²) in [7, 11) is 0. The number of H-pyrrole nitrogens is 1. The average molecular weight is 336 g/mol. The molecule has 120 valence electrons. The average Bonchev–Trinajstić information content (AvgIpc) is 3.14. The van der Waals surface area contributed by atoms with Crippen molar-refractivity contribution >= 4 is 38.4 Å². The van der Waals surface area contributed by atoms with Gasteiger partial charge in [0.25, 0.3) is 0 Å². The molecule has 0 bridgehead atoms. The summed E-state index contributed by atoms with van der Waals surface area (Å²) in [6.45, 7) is 2.20. The lowest BCUT2D eigenvalue weighted by Crippen LogP contribution is -2.08. The minimum Gasteiger partial charge on any atom is -0.458 e. The zero-order valence-electron chi connectivity index (χ0n) is 13.2. The van der Waals surface area contributed by atoms with Crippen LogP contribution in [0.2, 0.25) is 0 Å². The lowest BCUT2D eigenvalue weighted by molar-refractivity contribution is -0.144. The van der Waals surface area contributed by atoms with E-state index in [1.165, 1.54) is 0 Å². The Morgan fingerprint density at radius 3 is 2.83 bits per heavy atom. The minimum atomic E-state index is -0.234. The largest absolute Gasteiger partial charge is 0.458 e. The van der Waals surface area contributed by atoms with Crippen LogP contribution >= 0.6 is 11.3 Å². The van der Waals surface area contributed by atoms with Crippen LogP contribution < -0.4 is 0 Å². The fraction of sp³-hybridized carbons (Fsp3) is 0.158. The summed E-state index contributed by atoms with van der Waals surface area (Å²) in [5, 5.41) is 1.90. The molecule has 24 heavy (non-hydrogen) atoms. The van der Waals surface area contributed by atoms with Crippen molar-refractivity contribution in [2.75, 3.05) is 0 Å². The number of aromatic amines is 1. The summed E-state index contributed by atoms with van der Waals surface area (Å²) in [6.07, 6.45) is 0.265. The van der Waals surface area contributed by atoms with Crippen molar-refractivity contribution in [1.82, 2.24) is 9.97 Å². The predicted molar refractivity (Wildman–Crippen MR) is 96.2 cm³/mol. The van der Waals surface area contributed by atoms with Crippen molar-refractivity contribution in [2.24, 2.45) is 0 Å². The number of thiazole rings is 1. The van der Waals surface area contributed by atoms with Gasteiger partial charge in [0.05, 0.1) is 16.6 Å². The number of para-hydroxylation sites is 2. The monoisotopic (exact) mass is 336 g/mol. The Kier molecular flexibility index (Phi) is 3.78. The molecule has 0 unspecified atom stereocenters. The van der Waals surface area contributed by atoms with E-state index in [-0.39, 0.29) is 19.0 Å². The van der Waals surface area contributed by atoms with Crippen molar-refractivity contribution in [3.8, 4) is 0 Å². The molecule has 2 aromatic heterocycles. The molecule has 0 amide bonds. The van der Waals surface area contributed by atoms with Crippen molar-refractivity contribution in [3.05, 3.63) is 64.8 Å². The minimum absolute atomic E-state index is 0.222. The van der Waals surface area contributed by atoms with Gasteiger partial charge in [0, 0.05) is 16.6 Å². The Morgan fingerprint density at radius 1 is 1.17 bits per heavy atom. The van der Waals surface area contributed by atoms with Crippen LogP contribution in [0.3, 0.4) is 0 Å². The Labute approximate surface area is 143 Å². The van der Waals surface area contributed by atoms with E-state index < -0.39 is 0 Å². The molecule has 0 saturated heterocycles. The molecule has 0 radical (unpaired) electrons. The standard InChI is InChI=1S/C19H16N2O2S/c1-12-14(13-6-2-3-7-15(13)20-12)10-19(22)23-11-18-21-16-8-4-5-9-17(16)24-18/h2-9,20H,10-11H2,1H3. The normalized spacial score (nSPS) is 11.2. The summed E-state index contributed by atoms with van der Waals surface area (Å²) in [6, 6.07) is 15.9. The number of fused-ring (bicyclic) bond motifs is 2. The number of esters is 1. The Balaban J connectivity index is 1.47. The first kappa shape index (κ1) is 14.9. The molecule has 5 heteroatoms. The molecule has 0 fully saturated rings. The number of benzene rings is 2. The summed E-state index contributed by atoms with van der Waals surface area (Å²) >= 11 is 1.56. The van der Waals surface area contributed by atoms with Crippen LogP contribution in [0.4, 0.5) is 0 Å². The van der Waals surface area contributed by atoms with E-state index in [9.17, 15) is 4.79 Å². The Bertz CT molecular complexity index is 999. The van der Waals surface area contributed by atoms with E-state index in [4.69, 9.17) is 4.74 Å². The molecular formula is C19H16N2O2S. The fourth-order valence-electron chi connectivity index (χ4n) is 2.88. The highest BCUT2D eigenvalue weighted by molar-refractivity contribution is 7.18. The van der Waals surface area contributed by atoms with Gasteiger partial charge in [-0.05, 0) is 30.7 Å². The first-order chi connectivity index (χ1) is 11.7. The molecule has 0 aliphatic carbocycles. The zero-order valence-corrected chi connectivity index (χ0v) is 14.0. The van der Waals surface area contributed by atoms with Crippen molar-refractivity contribution in [3.63, 3.8) is 0 Å². The van der Waals surface area contributed by atoms with Gasteiger partial charge < -0.3 is 9.72 Å². The lowest BCUT2D eigenvalue weighted by atomic mass is 10.1. The molecule has 4 rings (SSSR count). The summed E-state index contributed by atoms with van der Waals surface area (Å²) in [5.74, 6) is -0.234. The first-order valence-corrected chi connectivity index (χ1v) is 8.58. The lowest BCUT2D eigenvalue weighted by Gasteiger charge is -2.03. The quantitative estimate of drug-likeness (QED) is 0.563. The van der Waals surface area contributed by atoms with E-state index in [1.54, 1.807) is 11.3 Å². The predicted octanol–water partition coefficient (Wildman–Crippen LogP) is 4.37. The number of aryl methyl sites for hydroxylation is 1. The maximum atomic E-state index is 12.2. The van der Waals surface area contributed by atoms with Crippen molar-refractivity contribution < 1.29 is 9.53 Å². The van der Waals surface area contributed by atoms with Gasteiger partial charge in [-0.3, -0.25) is 4.79 Å². The number of carbonyl (C=O) groups is 1. The molecular weight excluding hydrogens is 320 g/mol. The van der Waals surface area contributed by atoms with Gasteiger partial charge in [-0.2, -0.15) is 0 Å². The number of aromatic nitrogens is 2. The van der Waals surface area contributed by atoms with Gasteiger partial charge in [-0.25, -0.2) is 4.98 Å². The highest BCUT2D eigenvalue weighted by Crippen LogP contribution is 2.24. The fourth-order valence-corrected chi connectivity index (χ4v) is 3.76. The van der Waals surface area contributed by atoms with Crippen LogP contribution in [0.1, 0.15) is 16.3 Å². The molecule has 0 aliphatic heterocycles. The molecule has 0 saturated carbocycles. The molecule has 0 spiro atoms. The summed E-state index contributed by atoms with van der Waals surface area (Å²) in [4.78, 5) is 20.0. The SMILES string of the molecule is Cc1[nH]c2ccccc2c1CC(=O)OCc1nc2ccccc2s1. The van der Waals surface area contributed by atoms with Crippen LogP contribution in [-0.4, -0.2) is 15.9 Å². The molecule has 2 heterocycles. The topological polar surface area (TPSA) is 55.0 Å². The van der Waals surface area contributed by atoms with Gasteiger partial charge in [0.2, 0.25) is 0 Å². The van der Waals surface area contributed by atoms with E-state index in [0.29, 0.717) is 0 Å². The van der Waals surface area contributed by atoms with Crippen LogP contribution in [0, 0.1) is 6.92 Å². The first-order valence-electron chi connectivity index (χ1n) is 7.77. The van der Waals surface area contributed by atoms with Crippen molar-refractivity contribution in [2.45, 2.75) is 20.0 Å². The van der Waals surface area contributed by atoms with Gasteiger partial charge in [0.15, 0.2) is 0 Å². The van der Waals surface area contributed by atoms with Crippen molar-refractivity contribution in [1.29, 1.82) is 0 Å². The zero-order chi connectivity index (χ0) is 16.5. The Hall–Kier alpha value is -2.66. The van der Waals surface area contributed by atoms with Gasteiger partial charge >= 0.3 is 5.97 Å². The molecule has 4 aromatic rings. The molecule has 0 aliphatic rings. The number of nitrogens with one attached hydrogen (secondary N) is 1. The number of hydrogen-bond acceptors (Lipinski definition) is 4. The summed E-state index contributed by atoms with van der Waals surface area (Å²) in [5.41, 5.74) is 4.00. The second kappa shape index (κ2) is 6.09. The van der Waals surface area contributed by atoms with Gasteiger partial charge in [-0.15, -0.1) is 11.3 Å². The van der Waals surface area contributed by atoms with E-state index in [0.717, 1.165) is 37.4 Å².